The van der Waals surface area contributed by atoms with Crippen molar-refractivity contribution in [3.63, 3.8) is 0 Å². The van der Waals surface area contributed by atoms with Crippen molar-refractivity contribution in [2.24, 2.45) is 5.92 Å². The van der Waals surface area contributed by atoms with Gasteiger partial charge in [-0.2, -0.15) is 0 Å². The number of piperidine rings is 1. The summed E-state index contributed by atoms with van der Waals surface area (Å²) in [7, 11) is -3.54. The quantitative estimate of drug-likeness (QED) is 0.358. The molecule has 1 aromatic heterocycles. The number of hydrogen-bond acceptors (Lipinski definition) is 7. The van der Waals surface area contributed by atoms with E-state index in [4.69, 9.17) is 11.6 Å². The topological polar surface area (TPSA) is 92.3 Å². The number of hydrogen-bond donors (Lipinski definition) is 1. The Hall–Kier alpha value is -1.46. The molecule has 1 amide bonds. The van der Waals surface area contributed by atoms with Gasteiger partial charge in [0.15, 0.2) is 4.34 Å². The molecule has 1 N–H and O–H groups in total. The van der Waals surface area contributed by atoms with Crippen LogP contribution in [-0.2, 0) is 20.6 Å². The molecule has 1 aliphatic rings. The molecule has 11 heteroatoms. The minimum Gasteiger partial charge on any atom is -0.300 e. The number of sulfonamides is 1. The van der Waals surface area contributed by atoms with E-state index >= 15 is 0 Å². The van der Waals surface area contributed by atoms with Crippen LogP contribution in [0.25, 0.3) is 0 Å². The number of halogens is 1. The first-order valence-electron chi connectivity index (χ1n) is 8.97. The number of aromatic nitrogens is 2. The van der Waals surface area contributed by atoms with Crippen molar-refractivity contribution < 1.29 is 13.2 Å². The SMILES string of the molecule is C=CCSc1nnc(NC(=O)[C@@H]2CCCN(S(=O)(=O)Cc3cccc(Cl)c3)C2)s1. The molecule has 0 radical (unpaired) electrons. The van der Waals surface area contributed by atoms with Crippen LogP contribution >= 0.6 is 34.7 Å². The van der Waals surface area contributed by atoms with Crippen molar-refractivity contribution >= 4 is 55.8 Å². The van der Waals surface area contributed by atoms with Crippen molar-refractivity contribution in [2.75, 3.05) is 24.2 Å². The van der Waals surface area contributed by atoms with Gasteiger partial charge in [-0.1, -0.05) is 52.9 Å². The van der Waals surface area contributed by atoms with Crippen LogP contribution in [0.15, 0.2) is 41.3 Å². The fraction of sp³-hybridized carbons (Fsp3) is 0.389. The Balaban J connectivity index is 1.61. The number of carbonyl (C=O) groups excluding carboxylic acids is 1. The predicted octanol–water partition coefficient (Wildman–Crippen LogP) is 3.65. The van der Waals surface area contributed by atoms with Crippen molar-refractivity contribution in [1.82, 2.24) is 14.5 Å². The third-order valence-electron chi connectivity index (χ3n) is 4.35. The Labute approximate surface area is 183 Å². The van der Waals surface area contributed by atoms with E-state index < -0.39 is 15.9 Å². The first-order chi connectivity index (χ1) is 13.9. The van der Waals surface area contributed by atoms with Gasteiger partial charge in [0.2, 0.25) is 21.1 Å². The van der Waals surface area contributed by atoms with E-state index in [1.54, 1.807) is 30.3 Å². The maximum atomic E-state index is 12.8. The molecule has 156 valence electrons. The van der Waals surface area contributed by atoms with Gasteiger partial charge in [0.1, 0.15) is 0 Å². The van der Waals surface area contributed by atoms with E-state index in [1.165, 1.54) is 27.4 Å². The van der Waals surface area contributed by atoms with Crippen molar-refractivity contribution in [3.05, 3.63) is 47.5 Å². The predicted molar refractivity (Wildman–Crippen MR) is 118 cm³/mol. The van der Waals surface area contributed by atoms with E-state index in [-0.39, 0.29) is 18.2 Å². The highest BCUT2D eigenvalue weighted by molar-refractivity contribution is 8.01. The zero-order valence-electron chi connectivity index (χ0n) is 15.6. The van der Waals surface area contributed by atoms with E-state index in [9.17, 15) is 13.2 Å². The molecule has 1 fully saturated rings. The Kier molecular flexibility index (Phi) is 7.69. The number of rotatable bonds is 8. The second-order valence-electron chi connectivity index (χ2n) is 6.55. The lowest BCUT2D eigenvalue weighted by Crippen LogP contribution is -2.44. The summed E-state index contributed by atoms with van der Waals surface area (Å²) in [5.74, 6) is -0.0811. The van der Waals surface area contributed by atoms with Gasteiger partial charge in [-0.15, -0.1) is 16.8 Å². The van der Waals surface area contributed by atoms with Crippen LogP contribution < -0.4 is 5.32 Å². The Morgan fingerprint density at radius 1 is 1.45 bits per heavy atom. The molecule has 1 atom stereocenters. The summed E-state index contributed by atoms with van der Waals surface area (Å²) in [4.78, 5) is 12.6. The van der Waals surface area contributed by atoms with Crippen molar-refractivity contribution in [2.45, 2.75) is 22.9 Å². The summed E-state index contributed by atoms with van der Waals surface area (Å²) in [6.07, 6.45) is 3.03. The number of nitrogens with one attached hydrogen (secondary N) is 1. The van der Waals surface area contributed by atoms with Crippen LogP contribution in [0.5, 0.6) is 0 Å². The molecule has 3 rings (SSSR count). The number of benzene rings is 1. The molecule has 1 aromatic carbocycles. The van der Waals surface area contributed by atoms with Crippen LogP contribution in [0.4, 0.5) is 5.13 Å². The lowest BCUT2D eigenvalue weighted by atomic mass is 9.99. The number of thioether (sulfide) groups is 1. The van der Waals surface area contributed by atoms with Crippen LogP contribution in [-0.4, -0.2) is 47.7 Å². The van der Waals surface area contributed by atoms with Gasteiger partial charge in [0.25, 0.3) is 0 Å². The Morgan fingerprint density at radius 3 is 3.03 bits per heavy atom. The minimum atomic E-state index is -3.54. The Bertz CT molecular complexity index is 980. The average molecular weight is 473 g/mol. The van der Waals surface area contributed by atoms with Crippen LogP contribution in [0.2, 0.25) is 5.02 Å². The maximum absolute atomic E-state index is 12.8. The van der Waals surface area contributed by atoms with Crippen molar-refractivity contribution in [3.8, 4) is 0 Å². The third kappa shape index (κ3) is 6.26. The summed E-state index contributed by atoms with van der Waals surface area (Å²) in [6.45, 7) is 4.22. The maximum Gasteiger partial charge on any atom is 0.230 e. The normalized spacial score (nSPS) is 17.8. The monoisotopic (exact) mass is 472 g/mol. The third-order valence-corrected chi connectivity index (χ3v) is 8.37. The molecular weight excluding hydrogens is 452 g/mol. The lowest BCUT2D eigenvalue weighted by molar-refractivity contribution is -0.120. The molecule has 0 spiro atoms. The number of carbonyl (C=O) groups is 1. The highest BCUT2D eigenvalue weighted by atomic mass is 35.5. The first-order valence-corrected chi connectivity index (χ1v) is 12.8. The van der Waals surface area contributed by atoms with Gasteiger partial charge in [0.05, 0.1) is 11.7 Å². The molecule has 0 aliphatic carbocycles. The van der Waals surface area contributed by atoms with E-state index in [0.29, 0.717) is 40.9 Å². The zero-order valence-corrected chi connectivity index (χ0v) is 18.8. The fourth-order valence-corrected chi connectivity index (χ4v) is 6.32. The van der Waals surface area contributed by atoms with Gasteiger partial charge < -0.3 is 5.32 Å². The second-order valence-corrected chi connectivity index (χ2v) is 11.2. The zero-order chi connectivity index (χ0) is 20.9. The number of anilines is 1. The smallest absolute Gasteiger partial charge is 0.230 e. The largest absolute Gasteiger partial charge is 0.300 e. The van der Waals surface area contributed by atoms with Gasteiger partial charge in [0, 0.05) is 23.9 Å². The van der Waals surface area contributed by atoms with Crippen molar-refractivity contribution in [1.29, 1.82) is 0 Å². The lowest BCUT2D eigenvalue weighted by Gasteiger charge is -2.31. The molecule has 7 nitrogen and oxygen atoms in total. The molecular formula is C18H21ClN4O3S3. The molecule has 1 saturated heterocycles. The minimum absolute atomic E-state index is 0.137. The number of amides is 1. The summed E-state index contributed by atoms with van der Waals surface area (Å²) in [5.41, 5.74) is 0.627. The van der Waals surface area contributed by atoms with Crippen LogP contribution in [0.3, 0.4) is 0 Å². The summed E-state index contributed by atoms with van der Waals surface area (Å²) in [6, 6.07) is 6.80. The highest BCUT2D eigenvalue weighted by Gasteiger charge is 2.32. The molecule has 0 bridgehead atoms. The van der Waals surface area contributed by atoms with E-state index in [2.05, 4.69) is 22.1 Å². The summed E-state index contributed by atoms with van der Waals surface area (Å²) >= 11 is 8.73. The Morgan fingerprint density at radius 2 is 2.28 bits per heavy atom. The molecule has 29 heavy (non-hydrogen) atoms. The standard InChI is InChI=1S/C18H21ClN4O3S3/c1-2-9-27-18-22-21-17(28-18)20-16(24)14-6-4-8-23(11-14)29(25,26)12-13-5-3-7-15(19)10-13/h2-3,5,7,10,14H,1,4,6,8-9,11-12H2,(H,20,21,24)/t14-/m1/s1. The van der Waals surface area contributed by atoms with Gasteiger partial charge in [-0.25, -0.2) is 12.7 Å². The molecule has 2 heterocycles. The van der Waals surface area contributed by atoms with Gasteiger partial charge in [-0.05, 0) is 30.5 Å². The van der Waals surface area contributed by atoms with Gasteiger partial charge in [-0.3, -0.25) is 4.79 Å². The average Bonchev–Trinajstić information content (AvgIpc) is 3.13. The second kappa shape index (κ2) is 10.0. The van der Waals surface area contributed by atoms with E-state index in [1.807, 2.05) is 0 Å². The van der Waals surface area contributed by atoms with E-state index in [0.717, 1.165) is 4.34 Å². The molecule has 0 saturated carbocycles. The molecule has 1 aliphatic heterocycles. The fourth-order valence-electron chi connectivity index (χ4n) is 2.99. The summed E-state index contributed by atoms with van der Waals surface area (Å²) < 4.78 is 27.8. The first kappa shape index (κ1) is 22.2. The summed E-state index contributed by atoms with van der Waals surface area (Å²) in [5, 5.41) is 11.7. The van der Waals surface area contributed by atoms with Crippen LogP contribution in [0.1, 0.15) is 18.4 Å². The molecule has 2 aromatic rings. The number of nitrogens with zero attached hydrogens (tertiary/aromatic N) is 3. The molecule has 0 unspecified atom stereocenters. The van der Waals surface area contributed by atoms with Crippen LogP contribution in [0, 0.1) is 5.92 Å². The van der Waals surface area contributed by atoms with Gasteiger partial charge >= 0.3 is 0 Å². The highest BCUT2D eigenvalue weighted by Crippen LogP contribution is 2.27.